The van der Waals surface area contributed by atoms with E-state index < -0.39 is 6.10 Å². The average Bonchev–Trinajstić information content (AvgIpc) is 3.04. The Morgan fingerprint density at radius 1 is 1.00 bits per heavy atom. The Bertz CT molecular complexity index is 719. The molecule has 3 aromatic rings. The molecule has 0 fully saturated rings. The summed E-state index contributed by atoms with van der Waals surface area (Å²) in [4.78, 5) is 0. The maximum absolute atomic E-state index is 10.8. The van der Waals surface area contributed by atoms with Crippen LogP contribution in [0.3, 0.4) is 0 Å². The van der Waals surface area contributed by atoms with Crippen LogP contribution in [0.1, 0.15) is 29.8 Å². The Morgan fingerprint density at radius 2 is 1.71 bits per heavy atom. The Hall–Kier alpha value is -2.39. The van der Waals surface area contributed by atoms with Crippen molar-refractivity contribution in [1.29, 1.82) is 0 Å². The number of aliphatic hydroxyl groups excluding tert-OH is 1. The van der Waals surface area contributed by atoms with Crippen molar-refractivity contribution in [3.8, 4) is 5.69 Å². The third-order valence-electron chi connectivity index (χ3n) is 3.68. The molecule has 1 heterocycles. The molecule has 1 atom stereocenters. The lowest BCUT2D eigenvalue weighted by Crippen LogP contribution is -2.10. The van der Waals surface area contributed by atoms with Crippen LogP contribution in [0.4, 0.5) is 0 Å². The number of rotatable bonds is 4. The normalized spacial score (nSPS) is 12.3. The van der Waals surface area contributed by atoms with Crippen LogP contribution in [-0.4, -0.2) is 14.9 Å². The fourth-order valence-corrected chi connectivity index (χ4v) is 2.59. The zero-order chi connectivity index (χ0) is 14.7. The summed E-state index contributed by atoms with van der Waals surface area (Å²) >= 11 is 0. The summed E-state index contributed by atoms with van der Waals surface area (Å²) in [5.74, 6) is 0. The minimum absolute atomic E-state index is 0.677. The van der Waals surface area contributed by atoms with E-state index in [4.69, 9.17) is 0 Å². The summed E-state index contributed by atoms with van der Waals surface area (Å²) in [6.45, 7) is 2.10. The zero-order valence-corrected chi connectivity index (χ0v) is 12.0. The quantitative estimate of drug-likeness (QED) is 0.793. The van der Waals surface area contributed by atoms with Crippen LogP contribution >= 0.6 is 0 Å². The first kappa shape index (κ1) is 13.6. The van der Waals surface area contributed by atoms with Gasteiger partial charge in [0.25, 0.3) is 0 Å². The molecule has 3 heteroatoms. The highest BCUT2D eigenvalue weighted by molar-refractivity contribution is 5.38. The maximum atomic E-state index is 10.8. The van der Waals surface area contributed by atoms with Crippen LogP contribution in [0.5, 0.6) is 0 Å². The molecule has 0 bridgehead atoms. The molecular weight excluding hydrogens is 260 g/mol. The number of hydrogen-bond acceptors (Lipinski definition) is 2. The first-order chi connectivity index (χ1) is 10.3. The van der Waals surface area contributed by atoms with Crippen molar-refractivity contribution in [1.82, 2.24) is 9.78 Å². The lowest BCUT2D eigenvalue weighted by molar-refractivity contribution is 0.211. The fourth-order valence-electron chi connectivity index (χ4n) is 2.59. The van der Waals surface area contributed by atoms with Gasteiger partial charge < -0.3 is 5.11 Å². The topological polar surface area (TPSA) is 38.1 Å². The van der Waals surface area contributed by atoms with Crippen molar-refractivity contribution in [3.63, 3.8) is 0 Å². The number of aromatic nitrogens is 2. The van der Waals surface area contributed by atoms with Crippen molar-refractivity contribution in [2.24, 2.45) is 0 Å². The third kappa shape index (κ3) is 2.60. The molecule has 0 aliphatic rings. The number of nitrogens with zero attached hydrogens (tertiary/aromatic N) is 2. The van der Waals surface area contributed by atoms with Crippen LogP contribution in [0.2, 0.25) is 0 Å². The monoisotopic (exact) mass is 278 g/mol. The fraction of sp³-hybridized carbons (Fsp3) is 0.167. The molecule has 0 saturated carbocycles. The van der Waals surface area contributed by atoms with Gasteiger partial charge in [0.15, 0.2) is 0 Å². The highest BCUT2D eigenvalue weighted by Crippen LogP contribution is 2.26. The van der Waals surface area contributed by atoms with Crippen molar-refractivity contribution >= 4 is 0 Å². The van der Waals surface area contributed by atoms with E-state index >= 15 is 0 Å². The molecule has 0 amide bonds. The second kappa shape index (κ2) is 5.94. The van der Waals surface area contributed by atoms with Crippen LogP contribution < -0.4 is 0 Å². The van der Waals surface area contributed by atoms with Gasteiger partial charge in [-0.3, -0.25) is 0 Å². The second-order valence-corrected chi connectivity index (χ2v) is 4.96. The van der Waals surface area contributed by atoms with Gasteiger partial charge in [-0.1, -0.05) is 49.4 Å². The molecule has 0 aliphatic heterocycles. The molecular formula is C18H18N2O. The summed E-state index contributed by atoms with van der Waals surface area (Å²) in [5, 5.41) is 15.1. The van der Waals surface area contributed by atoms with E-state index in [1.165, 1.54) is 0 Å². The minimum atomic E-state index is -0.677. The van der Waals surface area contributed by atoms with Gasteiger partial charge in [0.1, 0.15) is 6.10 Å². The van der Waals surface area contributed by atoms with E-state index in [9.17, 15) is 5.11 Å². The Kier molecular flexibility index (Phi) is 3.84. The van der Waals surface area contributed by atoms with Gasteiger partial charge in [-0.05, 0) is 35.7 Å². The molecule has 21 heavy (non-hydrogen) atoms. The molecule has 0 aliphatic carbocycles. The maximum Gasteiger partial charge on any atom is 0.121 e. The van der Waals surface area contributed by atoms with Crippen LogP contribution in [0.25, 0.3) is 5.69 Å². The molecule has 3 nitrogen and oxygen atoms in total. The van der Waals surface area contributed by atoms with Gasteiger partial charge in [-0.2, -0.15) is 5.10 Å². The number of aliphatic hydroxyl groups is 1. The SMILES string of the molecule is CCc1ccccc1C(O)c1ccnn1-c1ccccc1. The zero-order valence-electron chi connectivity index (χ0n) is 12.0. The summed E-state index contributed by atoms with van der Waals surface area (Å²) in [6.07, 6.45) is 1.94. The van der Waals surface area contributed by atoms with Gasteiger partial charge in [0.05, 0.1) is 11.4 Å². The Labute approximate surface area is 124 Å². The van der Waals surface area contributed by atoms with E-state index in [0.717, 1.165) is 28.9 Å². The molecule has 1 N–H and O–H groups in total. The van der Waals surface area contributed by atoms with Gasteiger partial charge in [-0.25, -0.2) is 4.68 Å². The molecule has 1 aromatic heterocycles. The minimum Gasteiger partial charge on any atom is -0.382 e. The number of hydrogen-bond donors (Lipinski definition) is 1. The Balaban J connectivity index is 2.04. The molecule has 0 spiro atoms. The van der Waals surface area contributed by atoms with Crippen LogP contribution in [0.15, 0.2) is 66.9 Å². The summed E-state index contributed by atoms with van der Waals surface area (Å²) in [5.41, 5.74) is 3.83. The molecule has 1 unspecified atom stereocenters. The van der Waals surface area contributed by atoms with Crippen LogP contribution in [-0.2, 0) is 6.42 Å². The second-order valence-electron chi connectivity index (χ2n) is 4.96. The number of para-hydroxylation sites is 1. The Morgan fingerprint density at radius 3 is 2.48 bits per heavy atom. The molecule has 106 valence electrons. The van der Waals surface area contributed by atoms with E-state index in [1.807, 2.05) is 54.6 Å². The van der Waals surface area contributed by atoms with E-state index in [1.54, 1.807) is 10.9 Å². The lowest BCUT2D eigenvalue weighted by Gasteiger charge is -2.16. The van der Waals surface area contributed by atoms with Gasteiger partial charge in [0, 0.05) is 6.20 Å². The standard InChI is InChI=1S/C18H18N2O/c1-2-14-8-6-7-11-16(14)18(21)17-12-13-19-20(17)15-9-4-3-5-10-15/h3-13,18,21H,2H2,1H3. The first-order valence-electron chi connectivity index (χ1n) is 7.16. The predicted octanol–water partition coefficient (Wildman–Crippen LogP) is 3.52. The van der Waals surface area contributed by atoms with Crippen molar-refractivity contribution in [2.45, 2.75) is 19.4 Å². The number of benzene rings is 2. The smallest absolute Gasteiger partial charge is 0.121 e. The van der Waals surface area contributed by atoms with Gasteiger partial charge in [-0.15, -0.1) is 0 Å². The lowest BCUT2D eigenvalue weighted by atomic mass is 9.98. The van der Waals surface area contributed by atoms with Gasteiger partial charge >= 0.3 is 0 Å². The van der Waals surface area contributed by atoms with Crippen LogP contribution in [0, 0.1) is 0 Å². The van der Waals surface area contributed by atoms with E-state index in [2.05, 4.69) is 18.1 Å². The molecule has 3 rings (SSSR count). The molecule has 0 radical (unpaired) electrons. The molecule has 0 saturated heterocycles. The highest BCUT2D eigenvalue weighted by Gasteiger charge is 2.18. The predicted molar refractivity (Wildman–Crippen MR) is 83.4 cm³/mol. The summed E-state index contributed by atoms with van der Waals surface area (Å²) in [6, 6.07) is 19.7. The highest BCUT2D eigenvalue weighted by atomic mass is 16.3. The van der Waals surface area contributed by atoms with E-state index in [0.29, 0.717) is 0 Å². The van der Waals surface area contributed by atoms with Gasteiger partial charge in [0.2, 0.25) is 0 Å². The first-order valence-corrected chi connectivity index (χ1v) is 7.16. The number of aryl methyl sites for hydroxylation is 1. The van der Waals surface area contributed by atoms with Crippen molar-refractivity contribution < 1.29 is 5.11 Å². The molecule has 2 aromatic carbocycles. The van der Waals surface area contributed by atoms with Crippen molar-refractivity contribution in [3.05, 3.63) is 83.7 Å². The summed E-state index contributed by atoms with van der Waals surface area (Å²) in [7, 11) is 0. The van der Waals surface area contributed by atoms with Crippen molar-refractivity contribution in [2.75, 3.05) is 0 Å². The average molecular weight is 278 g/mol. The largest absolute Gasteiger partial charge is 0.382 e. The summed E-state index contributed by atoms with van der Waals surface area (Å²) < 4.78 is 1.79. The third-order valence-corrected chi connectivity index (χ3v) is 3.68. The van der Waals surface area contributed by atoms with E-state index in [-0.39, 0.29) is 0 Å².